The van der Waals surface area contributed by atoms with Gasteiger partial charge in [0.25, 0.3) is 0 Å². The minimum absolute atomic E-state index is 0.331. The Balaban J connectivity index is 1.33. The van der Waals surface area contributed by atoms with Crippen LogP contribution in [0, 0.1) is 5.92 Å². The average molecular weight is 409 g/mol. The first-order valence-electron chi connectivity index (χ1n) is 11.9. The van der Waals surface area contributed by atoms with Gasteiger partial charge in [-0.3, -0.25) is 0 Å². The molecular formula is C26H33NO3. The van der Waals surface area contributed by atoms with E-state index < -0.39 is 5.97 Å². The number of carboxylic acids is 1. The largest absolute Gasteiger partial charge is 0.494 e. The van der Waals surface area contributed by atoms with Crippen LogP contribution in [0.5, 0.6) is 5.75 Å². The number of ether oxygens (including phenoxy) is 1. The molecule has 0 atom stereocenters. The summed E-state index contributed by atoms with van der Waals surface area (Å²) >= 11 is 0. The summed E-state index contributed by atoms with van der Waals surface area (Å²) < 4.78 is 14.5. The van der Waals surface area contributed by atoms with Gasteiger partial charge in [0.15, 0.2) is 0 Å². The fraction of sp³-hybridized carbons (Fsp3) is 0.500. The average Bonchev–Trinajstić information content (AvgIpc) is 3.63. The Morgan fingerprint density at radius 1 is 1.13 bits per heavy atom. The van der Waals surface area contributed by atoms with E-state index in [1.54, 1.807) is 12.1 Å². The monoisotopic (exact) mass is 408 g/mol. The molecule has 0 radical (unpaired) electrons. The van der Waals surface area contributed by atoms with Gasteiger partial charge in [0.05, 0.1) is 13.5 Å². The van der Waals surface area contributed by atoms with Gasteiger partial charge in [-0.2, -0.15) is 0 Å². The minimum atomic E-state index is -0.893. The predicted octanol–water partition coefficient (Wildman–Crippen LogP) is 6.61. The Morgan fingerprint density at radius 2 is 1.97 bits per heavy atom. The highest BCUT2D eigenvalue weighted by Crippen LogP contribution is 2.44. The van der Waals surface area contributed by atoms with Gasteiger partial charge in [0.2, 0.25) is 0 Å². The summed E-state index contributed by atoms with van der Waals surface area (Å²) in [5.74, 6) is 1.05. The Kier molecular flexibility index (Phi) is 6.50. The zero-order valence-corrected chi connectivity index (χ0v) is 17.7. The molecule has 0 aliphatic heterocycles. The molecule has 0 saturated heterocycles. The van der Waals surface area contributed by atoms with E-state index in [1.807, 2.05) is 24.3 Å². The number of anilines is 1. The van der Waals surface area contributed by atoms with Crippen molar-refractivity contribution in [2.24, 2.45) is 5.92 Å². The molecule has 0 heterocycles. The van der Waals surface area contributed by atoms with Crippen LogP contribution in [-0.4, -0.2) is 17.7 Å². The van der Waals surface area contributed by atoms with Crippen LogP contribution < -0.4 is 10.1 Å². The predicted molar refractivity (Wildman–Crippen MR) is 120 cm³/mol. The van der Waals surface area contributed by atoms with E-state index in [0.717, 1.165) is 42.0 Å². The third kappa shape index (κ3) is 5.78. The lowest BCUT2D eigenvalue weighted by Gasteiger charge is -2.21. The number of hydrogen-bond acceptors (Lipinski definition) is 3. The third-order valence-electron chi connectivity index (χ3n) is 6.35. The number of benzene rings is 2. The Hall–Kier alpha value is -2.49. The number of carboxylic acid groups (broad SMARTS) is 1. The molecule has 2 N–H and O–H groups in total. The van der Waals surface area contributed by atoms with Crippen LogP contribution in [0.4, 0.5) is 5.69 Å². The summed E-state index contributed by atoms with van der Waals surface area (Å²) in [6.45, 7) is 1.19. The Morgan fingerprint density at radius 3 is 2.73 bits per heavy atom. The van der Waals surface area contributed by atoms with E-state index in [-0.39, 0.29) is 0 Å². The molecular weight excluding hydrogens is 374 g/mol. The number of nitrogens with one attached hydrogen (secondary N) is 1. The van der Waals surface area contributed by atoms with E-state index in [1.165, 1.54) is 38.5 Å². The summed E-state index contributed by atoms with van der Waals surface area (Å²) in [7, 11) is 0. The SMILES string of the molecule is [2H]c1c(CNc2ccc(C(=O)O)cc2C2CC2)cccc1OCCCC1CCCCC1. The summed E-state index contributed by atoms with van der Waals surface area (Å²) in [6, 6.07) is 11.5. The maximum atomic E-state index is 11.3. The maximum absolute atomic E-state index is 11.3. The summed E-state index contributed by atoms with van der Waals surface area (Å²) in [6.07, 6.45) is 11.3. The molecule has 0 aromatic heterocycles. The second-order valence-corrected chi connectivity index (χ2v) is 8.77. The fourth-order valence-corrected chi connectivity index (χ4v) is 4.49. The normalized spacial score (nSPS) is 17.4. The molecule has 160 valence electrons. The second kappa shape index (κ2) is 10.0. The summed E-state index contributed by atoms with van der Waals surface area (Å²) in [5, 5.41) is 12.7. The number of carbonyl (C=O) groups is 1. The van der Waals surface area contributed by atoms with Crippen LogP contribution in [0.25, 0.3) is 0 Å². The van der Waals surface area contributed by atoms with Gasteiger partial charge in [-0.25, -0.2) is 4.79 Å². The van der Waals surface area contributed by atoms with Crippen LogP contribution in [0.3, 0.4) is 0 Å². The second-order valence-electron chi connectivity index (χ2n) is 8.77. The first-order valence-corrected chi connectivity index (χ1v) is 11.4. The van der Waals surface area contributed by atoms with E-state index in [4.69, 9.17) is 6.11 Å². The standard InChI is InChI=1S/C26H33NO3/c28-26(29)22-13-14-25(24(17-22)21-11-12-21)27-18-20-8-4-10-23(16-20)30-15-5-9-19-6-2-1-3-7-19/h4,8,10,13-14,16-17,19,21,27H,1-3,5-7,9,11-12,15,18H2,(H,28,29)/i16D. The van der Waals surface area contributed by atoms with Crippen LogP contribution in [-0.2, 0) is 6.54 Å². The maximum Gasteiger partial charge on any atom is 0.335 e. The Labute approximate surface area is 181 Å². The van der Waals surface area contributed by atoms with Gasteiger partial charge in [-0.1, -0.05) is 44.2 Å². The highest BCUT2D eigenvalue weighted by atomic mass is 16.5. The van der Waals surface area contributed by atoms with E-state index in [0.29, 0.717) is 36.4 Å². The summed E-state index contributed by atoms with van der Waals surface area (Å²) in [4.78, 5) is 11.3. The number of hydrogen-bond donors (Lipinski definition) is 2. The third-order valence-corrected chi connectivity index (χ3v) is 6.35. The van der Waals surface area contributed by atoms with Gasteiger partial charge in [-0.05, 0) is 79.0 Å². The van der Waals surface area contributed by atoms with Crippen LogP contribution >= 0.6 is 0 Å². The van der Waals surface area contributed by atoms with Crippen molar-refractivity contribution in [1.82, 2.24) is 0 Å². The molecule has 0 amide bonds. The topological polar surface area (TPSA) is 58.6 Å². The molecule has 4 heteroatoms. The molecule has 2 aliphatic carbocycles. The van der Waals surface area contributed by atoms with Crippen LogP contribution in [0.15, 0.2) is 42.4 Å². The molecule has 30 heavy (non-hydrogen) atoms. The van der Waals surface area contributed by atoms with Crippen molar-refractivity contribution < 1.29 is 16.0 Å². The van der Waals surface area contributed by atoms with Crippen LogP contribution in [0.1, 0.15) is 86.6 Å². The zero-order valence-electron chi connectivity index (χ0n) is 18.7. The molecule has 0 bridgehead atoms. The molecule has 0 spiro atoms. The van der Waals surface area contributed by atoms with Gasteiger partial charge in [-0.15, -0.1) is 0 Å². The lowest BCUT2D eigenvalue weighted by molar-refractivity contribution is 0.0697. The van der Waals surface area contributed by atoms with Crippen molar-refractivity contribution in [1.29, 1.82) is 0 Å². The van der Waals surface area contributed by atoms with Crippen molar-refractivity contribution >= 4 is 11.7 Å². The van der Waals surface area contributed by atoms with Gasteiger partial charge in [0.1, 0.15) is 5.75 Å². The first kappa shape index (κ1) is 19.5. The molecule has 2 saturated carbocycles. The Bertz CT molecular complexity index is 904. The lowest BCUT2D eigenvalue weighted by atomic mass is 9.86. The quantitative estimate of drug-likeness (QED) is 0.434. The number of aromatic carboxylic acids is 1. The summed E-state index contributed by atoms with van der Waals surface area (Å²) in [5.41, 5.74) is 3.25. The molecule has 2 aromatic carbocycles. The fourth-order valence-electron chi connectivity index (χ4n) is 4.49. The molecule has 4 nitrogen and oxygen atoms in total. The number of rotatable bonds is 10. The zero-order chi connectivity index (χ0) is 21.6. The van der Waals surface area contributed by atoms with Crippen LogP contribution in [0.2, 0.25) is 0 Å². The van der Waals surface area contributed by atoms with E-state index in [9.17, 15) is 9.90 Å². The van der Waals surface area contributed by atoms with E-state index >= 15 is 0 Å². The minimum Gasteiger partial charge on any atom is -0.494 e. The van der Waals surface area contributed by atoms with Gasteiger partial charge < -0.3 is 15.2 Å². The molecule has 2 aromatic rings. The van der Waals surface area contributed by atoms with Gasteiger partial charge in [0, 0.05) is 12.2 Å². The highest BCUT2D eigenvalue weighted by Gasteiger charge is 2.27. The highest BCUT2D eigenvalue weighted by molar-refractivity contribution is 5.88. The van der Waals surface area contributed by atoms with E-state index in [2.05, 4.69) is 5.32 Å². The van der Waals surface area contributed by atoms with Crippen molar-refractivity contribution in [3.63, 3.8) is 0 Å². The van der Waals surface area contributed by atoms with Crippen molar-refractivity contribution in [3.05, 3.63) is 59.1 Å². The smallest absolute Gasteiger partial charge is 0.335 e. The lowest BCUT2D eigenvalue weighted by Crippen LogP contribution is -2.08. The van der Waals surface area contributed by atoms with Crippen molar-refractivity contribution in [2.45, 2.75) is 70.3 Å². The molecule has 4 rings (SSSR count). The molecule has 0 unspecified atom stereocenters. The first-order chi connectivity index (χ1) is 15.1. The molecule has 2 aliphatic rings. The van der Waals surface area contributed by atoms with Crippen molar-refractivity contribution in [3.8, 4) is 5.75 Å². The van der Waals surface area contributed by atoms with Crippen molar-refractivity contribution in [2.75, 3.05) is 11.9 Å². The molecule has 2 fully saturated rings. The van der Waals surface area contributed by atoms with Gasteiger partial charge >= 0.3 is 5.97 Å².